The minimum absolute atomic E-state index is 0.0436. The number of benzene rings is 3. The van der Waals surface area contributed by atoms with Crippen LogP contribution in [0.3, 0.4) is 0 Å². The third-order valence-electron chi connectivity index (χ3n) is 5.71. The molecule has 1 saturated carbocycles. The largest absolute Gasteiger partial charge is 0.508 e. The van der Waals surface area contributed by atoms with Crippen molar-refractivity contribution in [2.75, 3.05) is 0 Å². The van der Waals surface area contributed by atoms with Crippen LogP contribution in [0, 0.1) is 11.6 Å². The fraction of sp³-hybridized carbons (Fsp3) is 0.304. The van der Waals surface area contributed by atoms with Crippen molar-refractivity contribution in [3.8, 4) is 5.75 Å². The van der Waals surface area contributed by atoms with Crippen molar-refractivity contribution in [3.05, 3.63) is 77.4 Å². The number of hydrogen-bond acceptors (Lipinski definition) is 2. The lowest BCUT2D eigenvalue weighted by molar-refractivity contribution is 0.458. The van der Waals surface area contributed by atoms with Crippen molar-refractivity contribution in [2.24, 2.45) is 0 Å². The van der Waals surface area contributed by atoms with Crippen molar-refractivity contribution >= 4 is 10.8 Å². The number of fused-ring (bicyclic) bond motifs is 1. The van der Waals surface area contributed by atoms with Gasteiger partial charge < -0.3 is 10.4 Å². The third-order valence-corrected chi connectivity index (χ3v) is 5.71. The first-order valence-corrected chi connectivity index (χ1v) is 9.44. The second-order valence-corrected chi connectivity index (χ2v) is 7.51. The number of hydrogen-bond donors (Lipinski definition) is 2. The summed E-state index contributed by atoms with van der Waals surface area (Å²) in [6.07, 6.45) is 3.21. The molecule has 1 aliphatic carbocycles. The summed E-state index contributed by atoms with van der Waals surface area (Å²) in [7, 11) is 0. The van der Waals surface area contributed by atoms with E-state index >= 15 is 0 Å². The number of nitrogens with one attached hydrogen (secondary N) is 1. The fourth-order valence-electron chi connectivity index (χ4n) is 4.31. The minimum atomic E-state index is -0.424. The van der Waals surface area contributed by atoms with Gasteiger partial charge >= 0.3 is 0 Å². The molecule has 4 heteroatoms. The fourth-order valence-corrected chi connectivity index (χ4v) is 4.31. The smallest absolute Gasteiger partial charge is 0.131 e. The Balaban J connectivity index is 1.50. The van der Waals surface area contributed by atoms with E-state index in [1.807, 2.05) is 12.1 Å². The highest BCUT2D eigenvalue weighted by Gasteiger charge is 2.27. The molecule has 3 aromatic carbocycles. The van der Waals surface area contributed by atoms with Gasteiger partial charge in [0.25, 0.3) is 0 Å². The lowest BCUT2D eigenvalue weighted by Gasteiger charge is -2.22. The van der Waals surface area contributed by atoms with Gasteiger partial charge in [0.05, 0.1) is 0 Å². The third kappa shape index (κ3) is 3.67. The predicted molar refractivity (Wildman–Crippen MR) is 104 cm³/mol. The van der Waals surface area contributed by atoms with Crippen molar-refractivity contribution < 1.29 is 13.9 Å². The van der Waals surface area contributed by atoms with Crippen LogP contribution < -0.4 is 5.32 Å². The van der Waals surface area contributed by atoms with E-state index in [0.717, 1.165) is 30.2 Å². The highest BCUT2D eigenvalue weighted by Crippen LogP contribution is 2.36. The molecular weight excluding hydrogens is 344 g/mol. The zero-order valence-corrected chi connectivity index (χ0v) is 15.3. The first-order chi connectivity index (χ1) is 13.0. The maximum atomic E-state index is 14.1. The molecule has 4 rings (SSSR count). The number of phenolic OH excluding ortho intramolecular Hbond substituents is 1. The average molecular weight is 367 g/mol. The normalized spacial score (nSPS) is 20.9. The highest BCUT2D eigenvalue weighted by atomic mass is 19.1. The summed E-state index contributed by atoms with van der Waals surface area (Å²) in [4.78, 5) is 0. The van der Waals surface area contributed by atoms with E-state index in [9.17, 15) is 13.9 Å². The summed E-state index contributed by atoms with van der Waals surface area (Å²) >= 11 is 0. The molecule has 0 bridgehead atoms. The summed E-state index contributed by atoms with van der Waals surface area (Å²) in [5, 5.41) is 14.2. The van der Waals surface area contributed by atoms with Gasteiger partial charge in [-0.1, -0.05) is 24.3 Å². The van der Waals surface area contributed by atoms with E-state index in [4.69, 9.17) is 0 Å². The van der Waals surface area contributed by atoms with Crippen LogP contribution in [0.25, 0.3) is 10.8 Å². The van der Waals surface area contributed by atoms with Crippen molar-refractivity contribution in [2.45, 2.75) is 44.2 Å². The van der Waals surface area contributed by atoms with E-state index in [-0.39, 0.29) is 6.04 Å². The summed E-state index contributed by atoms with van der Waals surface area (Å²) in [5.41, 5.74) is 2.24. The Labute approximate surface area is 157 Å². The minimum Gasteiger partial charge on any atom is -0.508 e. The lowest BCUT2D eigenvalue weighted by Crippen LogP contribution is -2.29. The van der Waals surface area contributed by atoms with Gasteiger partial charge in [-0.05, 0) is 78.9 Å². The molecule has 2 unspecified atom stereocenters. The molecule has 1 fully saturated rings. The van der Waals surface area contributed by atoms with E-state index in [1.54, 1.807) is 24.3 Å². The van der Waals surface area contributed by atoms with Gasteiger partial charge in [0, 0.05) is 17.5 Å². The number of rotatable bonds is 4. The molecular formula is C23H23F2NO. The summed E-state index contributed by atoms with van der Waals surface area (Å²) in [5.74, 6) is -0.0468. The van der Waals surface area contributed by atoms with Crippen LogP contribution in [0.2, 0.25) is 0 Å². The van der Waals surface area contributed by atoms with Crippen LogP contribution in [-0.2, 0) is 0 Å². The molecule has 27 heavy (non-hydrogen) atoms. The zero-order valence-electron chi connectivity index (χ0n) is 15.3. The van der Waals surface area contributed by atoms with E-state index in [0.29, 0.717) is 23.1 Å². The highest BCUT2D eigenvalue weighted by molar-refractivity contribution is 5.86. The molecule has 0 radical (unpaired) electrons. The molecule has 3 atom stereocenters. The summed E-state index contributed by atoms with van der Waals surface area (Å²) in [6, 6.07) is 15.4. The van der Waals surface area contributed by atoms with E-state index in [2.05, 4.69) is 12.2 Å². The lowest BCUT2D eigenvalue weighted by atomic mass is 9.96. The van der Waals surface area contributed by atoms with Gasteiger partial charge in [0.2, 0.25) is 0 Å². The Bertz CT molecular complexity index is 954. The Hall–Kier alpha value is -2.46. The zero-order chi connectivity index (χ0) is 19.0. The van der Waals surface area contributed by atoms with Crippen molar-refractivity contribution in [1.29, 1.82) is 0 Å². The van der Waals surface area contributed by atoms with Gasteiger partial charge in [-0.2, -0.15) is 0 Å². The number of halogens is 2. The number of aromatic hydroxyl groups is 1. The average Bonchev–Trinajstić information content (AvgIpc) is 3.11. The van der Waals surface area contributed by atoms with Crippen LogP contribution in [0.1, 0.15) is 49.3 Å². The molecule has 140 valence electrons. The molecule has 2 N–H and O–H groups in total. The molecule has 0 saturated heterocycles. The molecule has 0 spiro atoms. The first kappa shape index (κ1) is 17.9. The van der Waals surface area contributed by atoms with Crippen LogP contribution in [0.5, 0.6) is 5.75 Å². The maximum absolute atomic E-state index is 14.1. The maximum Gasteiger partial charge on any atom is 0.131 e. The monoisotopic (exact) mass is 367 g/mol. The Kier molecular flexibility index (Phi) is 4.83. The van der Waals surface area contributed by atoms with Crippen LogP contribution in [0.15, 0.2) is 54.6 Å². The number of phenols is 1. The predicted octanol–water partition coefficient (Wildman–Crippen LogP) is 5.81. The Morgan fingerprint density at radius 3 is 2.52 bits per heavy atom. The molecule has 0 heterocycles. The van der Waals surface area contributed by atoms with Gasteiger partial charge in [0.1, 0.15) is 17.4 Å². The molecule has 0 aliphatic heterocycles. The van der Waals surface area contributed by atoms with Crippen LogP contribution in [-0.4, -0.2) is 11.1 Å². The molecule has 1 aliphatic rings. The van der Waals surface area contributed by atoms with Gasteiger partial charge in [0.15, 0.2) is 0 Å². The topological polar surface area (TPSA) is 32.3 Å². The second kappa shape index (κ2) is 7.28. The van der Waals surface area contributed by atoms with Crippen LogP contribution >= 0.6 is 0 Å². The van der Waals surface area contributed by atoms with Crippen LogP contribution in [0.4, 0.5) is 8.78 Å². The quantitative estimate of drug-likeness (QED) is 0.610. The molecule has 0 amide bonds. The van der Waals surface area contributed by atoms with Crippen molar-refractivity contribution in [3.63, 3.8) is 0 Å². The van der Waals surface area contributed by atoms with Gasteiger partial charge in [-0.15, -0.1) is 0 Å². The molecule has 2 nitrogen and oxygen atoms in total. The molecule has 3 aromatic rings. The van der Waals surface area contributed by atoms with Gasteiger partial charge in [-0.25, -0.2) is 8.78 Å². The summed E-state index contributed by atoms with van der Waals surface area (Å²) in [6.45, 7) is 2.07. The van der Waals surface area contributed by atoms with E-state index < -0.39 is 11.6 Å². The first-order valence-electron chi connectivity index (χ1n) is 9.44. The van der Waals surface area contributed by atoms with E-state index in [1.165, 1.54) is 23.8 Å². The summed E-state index contributed by atoms with van der Waals surface area (Å²) < 4.78 is 27.6. The second-order valence-electron chi connectivity index (χ2n) is 7.51. The SMILES string of the molecule is C[C@@H](NC1CCC(c2ccc(O)cc2)C1)c1ccc(F)c2cc(F)ccc12. The Morgan fingerprint density at radius 1 is 0.963 bits per heavy atom. The van der Waals surface area contributed by atoms with Crippen molar-refractivity contribution in [1.82, 2.24) is 5.32 Å². The standard InChI is InChI=1S/C23H23F2NO/c1-14(20-10-11-23(25)22-13-17(24)5-9-21(20)22)26-18-6-2-16(12-18)15-3-7-19(27)8-4-15/h3-5,7-11,13-14,16,18,26-27H,2,6,12H2,1H3/t14-,16?,18?/m1/s1. The molecule has 0 aromatic heterocycles. The van der Waals surface area contributed by atoms with Gasteiger partial charge in [-0.3, -0.25) is 0 Å². The Morgan fingerprint density at radius 2 is 1.74 bits per heavy atom.